The molecular formula is C14H13N3O4. The van der Waals surface area contributed by atoms with Crippen LogP contribution >= 0.6 is 0 Å². The number of hydrogen-bond donors (Lipinski definition) is 1. The monoisotopic (exact) mass is 287 g/mol. The van der Waals surface area contributed by atoms with Gasteiger partial charge in [-0.2, -0.15) is 5.10 Å². The molecule has 0 aliphatic carbocycles. The van der Waals surface area contributed by atoms with Crippen molar-refractivity contribution in [1.82, 2.24) is 9.78 Å². The first-order chi connectivity index (χ1) is 9.93. The van der Waals surface area contributed by atoms with E-state index in [1.807, 2.05) is 0 Å². The summed E-state index contributed by atoms with van der Waals surface area (Å²) in [7, 11) is 0. The second-order valence-electron chi connectivity index (χ2n) is 4.45. The van der Waals surface area contributed by atoms with Crippen molar-refractivity contribution < 1.29 is 14.8 Å². The molecule has 7 heteroatoms. The third kappa shape index (κ3) is 2.81. The largest absolute Gasteiger partial charge is 0.477 e. The highest BCUT2D eigenvalue weighted by atomic mass is 16.6. The highest BCUT2D eigenvalue weighted by Gasteiger charge is 2.17. The van der Waals surface area contributed by atoms with Crippen LogP contribution < -0.4 is 0 Å². The van der Waals surface area contributed by atoms with Gasteiger partial charge in [-0.25, -0.2) is 4.79 Å². The molecule has 0 saturated heterocycles. The van der Waals surface area contributed by atoms with E-state index in [0.717, 1.165) is 0 Å². The van der Waals surface area contributed by atoms with Crippen molar-refractivity contribution in [2.75, 3.05) is 0 Å². The van der Waals surface area contributed by atoms with Crippen LogP contribution in [0.1, 0.15) is 16.1 Å². The fourth-order valence-corrected chi connectivity index (χ4v) is 1.96. The quantitative estimate of drug-likeness (QED) is 0.518. The Labute approximate surface area is 120 Å². The van der Waals surface area contributed by atoms with Gasteiger partial charge < -0.3 is 5.11 Å². The highest BCUT2D eigenvalue weighted by Crippen LogP contribution is 2.26. The van der Waals surface area contributed by atoms with Crippen LogP contribution in [0, 0.1) is 17.0 Å². The Morgan fingerprint density at radius 2 is 2.24 bits per heavy atom. The molecule has 1 aromatic heterocycles. The van der Waals surface area contributed by atoms with E-state index in [4.69, 9.17) is 5.11 Å². The van der Waals surface area contributed by atoms with Crippen molar-refractivity contribution in [3.8, 4) is 11.3 Å². The SMILES string of the molecule is C=CCn1nc(-c2ccc(C)c([N+](=O)[O-])c2)cc1C(=O)O. The topological polar surface area (TPSA) is 98.3 Å². The average molecular weight is 287 g/mol. The van der Waals surface area contributed by atoms with Gasteiger partial charge in [0.05, 0.1) is 17.2 Å². The zero-order valence-corrected chi connectivity index (χ0v) is 11.3. The molecule has 2 rings (SSSR count). The Morgan fingerprint density at radius 3 is 2.81 bits per heavy atom. The molecule has 0 radical (unpaired) electrons. The fraction of sp³-hybridized carbons (Fsp3) is 0.143. The molecular weight excluding hydrogens is 274 g/mol. The molecule has 0 aliphatic rings. The number of aryl methyl sites for hydroxylation is 1. The average Bonchev–Trinajstić information content (AvgIpc) is 2.83. The molecule has 21 heavy (non-hydrogen) atoms. The summed E-state index contributed by atoms with van der Waals surface area (Å²) in [5.74, 6) is -1.11. The molecule has 7 nitrogen and oxygen atoms in total. The maximum atomic E-state index is 11.2. The number of carboxylic acid groups (broad SMARTS) is 1. The molecule has 0 amide bonds. The third-order valence-electron chi connectivity index (χ3n) is 3.00. The van der Waals surface area contributed by atoms with Gasteiger partial charge in [0, 0.05) is 17.2 Å². The Bertz CT molecular complexity index is 734. The first-order valence-corrected chi connectivity index (χ1v) is 6.11. The number of carbonyl (C=O) groups is 1. The van der Waals surface area contributed by atoms with E-state index in [1.165, 1.54) is 22.9 Å². The molecule has 0 fully saturated rings. The van der Waals surface area contributed by atoms with Crippen LogP contribution in [0.2, 0.25) is 0 Å². The van der Waals surface area contributed by atoms with Gasteiger partial charge in [-0.1, -0.05) is 18.2 Å². The van der Waals surface area contributed by atoms with E-state index in [-0.39, 0.29) is 17.9 Å². The molecule has 0 spiro atoms. The van der Waals surface area contributed by atoms with E-state index in [1.54, 1.807) is 19.1 Å². The normalized spacial score (nSPS) is 10.3. The predicted octanol–water partition coefficient (Wildman–Crippen LogP) is 2.65. The minimum Gasteiger partial charge on any atom is -0.477 e. The smallest absolute Gasteiger partial charge is 0.354 e. The van der Waals surface area contributed by atoms with E-state index < -0.39 is 10.9 Å². The third-order valence-corrected chi connectivity index (χ3v) is 3.00. The number of carboxylic acids is 1. The number of aromatic carboxylic acids is 1. The van der Waals surface area contributed by atoms with Crippen molar-refractivity contribution in [2.24, 2.45) is 0 Å². The summed E-state index contributed by atoms with van der Waals surface area (Å²) in [4.78, 5) is 21.7. The summed E-state index contributed by atoms with van der Waals surface area (Å²) in [6, 6.07) is 6.07. The number of allylic oxidation sites excluding steroid dienone is 1. The molecule has 0 unspecified atom stereocenters. The predicted molar refractivity (Wildman–Crippen MR) is 76.2 cm³/mol. The molecule has 1 heterocycles. The summed E-state index contributed by atoms with van der Waals surface area (Å²) in [5.41, 5.74) is 1.39. The minimum absolute atomic E-state index is 0.00753. The van der Waals surface area contributed by atoms with Crippen LogP contribution in [-0.2, 0) is 6.54 Å². The maximum absolute atomic E-state index is 11.2. The number of nitrogens with zero attached hydrogens (tertiary/aromatic N) is 3. The van der Waals surface area contributed by atoms with Crippen LogP contribution in [-0.4, -0.2) is 25.8 Å². The lowest BCUT2D eigenvalue weighted by Crippen LogP contribution is -2.08. The fourth-order valence-electron chi connectivity index (χ4n) is 1.96. The Morgan fingerprint density at radius 1 is 1.52 bits per heavy atom. The van der Waals surface area contributed by atoms with Crippen LogP contribution in [0.15, 0.2) is 36.9 Å². The van der Waals surface area contributed by atoms with Crippen LogP contribution in [0.3, 0.4) is 0 Å². The number of nitro benzene ring substituents is 1. The van der Waals surface area contributed by atoms with Crippen LogP contribution in [0.4, 0.5) is 5.69 Å². The molecule has 0 atom stereocenters. The van der Waals surface area contributed by atoms with Gasteiger partial charge in [0.2, 0.25) is 0 Å². The van der Waals surface area contributed by atoms with E-state index in [0.29, 0.717) is 16.8 Å². The lowest BCUT2D eigenvalue weighted by atomic mass is 10.1. The zero-order valence-electron chi connectivity index (χ0n) is 11.3. The van der Waals surface area contributed by atoms with E-state index in [9.17, 15) is 14.9 Å². The number of rotatable bonds is 5. The Hall–Kier alpha value is -2.96. The first kappa shape index (κ1) is 14.4. The number of aromatic nitrogens is 2. The number of hydrogen-bond acceptors (Lipinski definition) is 4. The standard InChI is InChI=1S/C14H13N3O4/c1-3-6-16-13(14(18)19)8-11(15-16)10-5-4-9(2)12(7-10)17(20)21/h3-5,7-8H,1,6H2,2H3,(H,18,19). The van der Waals surface area contributed by atoms with Crippen molar-refractivity contribution in [2.45, 2.75) is 13.5 Å². The van der Waals surface area contributed by atoms with E-state index >= 15 is 0 Å². The van der Waals surface area contributed by atoms with E-state index in [2.05, 4.69) is 11.7 Å². The summed E-state index contributed by atoms with van der Waals surface area (Å²) < 4.78 is 1.29. The summed E-state index contributed by atoms with van der Waals surface area (Å²) in [6.07, 6.45) is 1.53. The van der Waals surface area contributed by atoms with Gasteiger partial charge in [-0.05, 0) is 13.0 Å². The van der Waals surface area contributed by atoms with Gasteiger partial charge in [0.15, 0.2) is 0 Å². The van der Waals surface area contributed by atoms with Crippen molar-refractivity contribution in [3.05, 3.63) is 58.3 Å². The number of nitro groups is 1. The molecule has 0 bridgehead atoms. The summed E-state index contributed by atoms with van der Waals surface area (Å²) >= 11 is 0. The van der Waals surface area contributed by atoms with Gasteiger partial charge in [0.25, 0.3) is 5.69 Å². The van der Waals surface area contributed by atoms with Gasteiger partial charge in [-0.3, -0.25) is 14.8 Å². The molecule has 0 aliphatic heterocycles. The molecule has 0 saturated carbocycles. The number of benzene rings is 1. The molecule has 108 valence electrons. The van der Waals surface area contributed by atoms with Gasteiger partial charge in [-0.15, -0.1) is 6.58 Å². The lowest BCUT2D eigenvalue weighted by molar-refractivity contribution is -0.385. The highest BCUT2D eigenvalue weighted by molar-refractivity contribution is 5.87. The Balaban J connectivity index is 2.54. The second kappa shape index (κ2) is 5.58. The Kier molecular flexibility index (Phi) is 3.84. The zero-order chi connectivity index (χ0) is 15.6. The lowest BCUT2D eigenvalue weighted by Gasteiger charge is -2.00. The van der Waals surface area contributed by atoms with Crippen molar-refractivity contribution >= 4 is 11.7 Å². The minimum atomic E-state index is -1.11. The van der Waals surface area contributed by atoms with Crippen molar-refractivity contribution in [1.29, 1.82) is 0 Å². The first-order valence-electron chi connectivity index (χ1n) is 6.11. The maximum Gasteiger partial charge on any atom is 0.354 e. The van der Waals surface area contributed by atoms with Crippen molar-refractivity contribution in [3.63, 3.8) is 0 Å². The second-order valence-corrected chi connectivity index (χ2v) is 4.45. The van der Waals surface area contributed by atoms with Gasteiger partial charge >= 0.3 is 5.97 Å². The van der Waals surface area contributed by atoms with Crippen LogP contribution in [0.5, 0.6) is 0 Å². The van der Waals surface area contributed by atoms with Crippen LogP contribution in [0.25, 0.3) is 11.3 Å². The summed E-state index contributed by atoms with van der Waals surface area (Å²) in [6.45, 7) is 5.43. The molecule has 1 N–H and O–H groups in total. The molecule has 1 aromatic carbocycles. The molecule has 2 aromatic rings. The van der Waals surface area contributed by atoms with Gasteiger partial charge in [0.1, 0.15) is 5.69 Å². The summed E-state index contributed by atoms with van der Waals surface area (Å²) in [5, 5.41) is 24.3.